The minimum absolute atomic E-state index is 0.0184. The molecular formula is C25H22N6O5S. The lowest BCUT2D eigenvalue weighted by atomic mass is 10.1. The van der Waals surface area contributed by atoms with E-state index in [0.717, 1.165) is 11.1 Å². The maximum atomic E-state index is 12.8. The van der Waals surface area contributed by atoms with E-state index in [2.05, 4.69) is 15.5 Å². The standard InChI is InChI=1S/C25H22N6O5S/c1-16-5-3-4-6-19(16)15-37-25-28-27-23(29(25)20-9-11-21(12-10-20)30(33)34)14-26-24(32)18-8-7-17(2)22(13-18)31(35)36/h3-13H,14-15H2,1-2H3,(H,26,32). The molecule has 4 aromatic rings. The van der Waals surface area contributed by atoms with Crippen molar-refractivity contribution in [2.75, 3.05) is 0 Å². The summed E-state index contributed by atoms with van der Waals surface area (Å²) in [5.41, 5.74) is 3.26. The zero-order valence-corrected chi connectivity index (χ0v) is 20.8. The fourth-order valence-electron chi connectivity index (χ4n) is 3.61. The second kappa shape index (κ2) is 11.0. The Morgan fingerprint density at radius 2 is 1.68 bits per heavy atom. The monoisotopic (exact) mass is 518 g/mol. The molecule has 0 spiro atoms. The average molecular weight is 519 g/mol. The lowest BCUT2D eigenvalue weighted by Crippen LogP contribution is -2.24. The van der Waals surface area contributed by atoms with Gasteiger partial charge in [-0.2, -0.15) is 0 Å². The first-order valence-corrected chi connectivity index (χ1v) is 12.1. The van der Waals surface area contributed by atoms with E-state index >= 15 is 0 Å². The molecule has 0 fully saturated rings. The Balaban J connectivity index is 1.60. The third-order valence-corrected chi connectivity index (χ3v) is 6.69. The Kier molecular flexibility index (Phi) is 7.58. The molecule has 0 saturated carbocycles. The van der Waals surface area contributed by atoms with E-state index < -0.39 is 15.8 Å². The summed E-state index contributed by atoms with van der Waals surface area (Å²) in [6.45, 7) is 3.60. The van der Waals surface area contributed by atoms with Crippen molar-refractivity contribution in [3.8, 4) is 5.69 Å². The molecule has 0 radical (unpaired) electrons. The van der Waals surface area contributed by atoms with E-state index in [4.69, 9.17) is 0 Å². The third-order valence-electron chi connectivity index (χ3n) is 5.71. The van der Waals surface area contributed by atoms with Gasteiger partial charge >= 0.3 is 0 Å². The minimum Gasteiger partial charge on any atom is -0.345 e. The molecular weight excluding hydrogens is 496 g/mol. The minimum atomic E-state index is -0.532. The number of nitro groups is 2. The van der Waals surface area contributed by atoms with Gasteiger partial charge in [0, 0.05) is 40.8 Å². The van der Waals surface area contributed by atoms with Crippen LogP contribution in [-0.4, -0.2) is 30.5 Å². The van der Waals surface area contributed by atoms with Gasteiger partial charge in [-0.25, -0.2) is 0 Å². The second-order valence-corrected chi connectivity index (χ2v) is 9.11. The highest BCUT2D eigenvalue weighted by Gasteiger charge is 2.19. The Bertz CT molecular complexity index is 1490. The maximum Gasteiger partial charge on any atom is 0.273 e. The van der Waals surface area contributed by atoms with Gasteiger partial charge in [0.2, 0.25) is 0 Å². The van der Waals surface area contributed by atoms with E-state index in [9.17, 15) is 25.0 Å². The molecule has 0 bridgehead atoms. The molecule has 1 aromatic heterocycles. The van der Waals surface area contributed by atoms with E-state index in [1.165, 1.54) is 42.1 Å². The molecule has 0 atom stereocenters. The molecule has 11 nitrogen and oxygen atoms in total. The Morgan fingerprint density at radius 1 is 0.946 bits per heavy atom. The summed E-state index contributed by atoms with van der Waals surface area (Å²) in [4.78, 5) is 34.1. The van der Waals surface area contributed by atoms with Crippen molar-refractivity contribution in [2.45, 2.75) is 31.3 Å². The van der Waals surface area contributed by atoms with Crippen LogP contribution in [0.15, 0.2) is 71.9 Å². The fraction of sp³-hybridized carbons (Fsp3) is 0.160. The van der Waals surface area contributed by atoms with Crippen molar-refractivity contribution in [3.63, 3.8) is 0 Å². The second-order valence-electron chi connectivity index (χ2n) is 8.16. The summed E-state index contributed by atoms with van der Waals surface area (Å²) < 4.78 is 1.73. The van der Waals surface area contributed by atoms with Gasteiger partial charge in [0.05, 0.1) is 16.4 Å². The zero-order chi connectivity index (χ0) is 26.5. The fourth-order valence-corrected chi connectivity index (χ4v) is 4.66. The van der Waals surface area contributed by atoms with Crippen LogP contribution in [0, 0.1) is 34.1 Å². The molecule has 0 aliphatic carbocycles. The van der Waals surface area contributed by atoms with Crippen LogP contribution in [0.1, 0.15) is 32.9 Å². The highest BCUT2D eigenvalue weighted by atomic mass is 32.2. The molecule has 12 heteroatoms. The van der Waals surface area contributed by atoms with E-state index in [-0.39, 0.29) is 23.5 Å². The number of aromatic nitrogens is 3. The third kappa shape index (κ3) is 5.81. The highest BCUT2D eigenvalue weighted by Crippen LogP contribution is 2.27. The van der Waals surface area contributed by atoms with Crippen molar-refractivity contribution in [2.24, 2.45) is 0 Å². The SMILES string of the molecule is Cc1ccccc1CSc1nnc(CNC(=O)c2ccc(C)c([N+](=O)[O-])c2)n1-c1ccc([N+](=O)[O-])cc1. The zero-order valence-electron chi connectivity index (χ0n) is 20.0. The summed E-state index contributed by atoms with van der Waals surface area (Å²) in [5.74, 6) is 0.517. The van der Waals surface area contributed by atoms with Gasteiger partial charge in [-0.15, -0.1) is 10.2 Å². The molecule has 1 amide bonds. The number of nitrogens with zero attached hydrogens (tertiary/aromatic N) is 5. The van der Waals surface area contributed by atoms with Crippen LogP contribution in [0.3, 0.4) is 0 Å². The first-order valence-electron chi connectivity index (χ1n) is 11.1. The van der Waals surface area contributed by atoms with Gasteiger partial charge < -0.3 is 5.32 Å². The summed E-state index contributed by atoms with van der Waals surface area (Å²) in [7, 11) is 0. The number of benzene rings is 3. The van der Waals surface area contributed by atoms with E-state index in [1.807, 2.05) is 31.2 Å². The van der Waals surface area contributed by atoms with Crippen LogP contribution in [0.5, 0.6) is 0 Å². The smallest absolute Gasteiger partial charge is 0.273 e. The number of nitrogens with one attached hydrogen (secondary N) is 1. The van der Waals surface area contributed by atoms with Crippen LogP contribution < -0.4 is 5.32 Å². The van der Waals surface area contributed by atoms with Crippen LogP contribution >= 0.6 is 11.8 Å². The summed E-state index contributed by atoms with van der Waals surface area (Å²) in [6, 6.07) is 18.2. The molecule has 188 valence electrons. The van der Waals surface area contributed by atoms with Crippen molar-refractivity contribution in [1.29, 1.82) is 0 Å². The van der Waals surface area contributed by atoms with Gasteiger partial charge in [-0.05, 0) is 43.2 Å². The van der Waals surface area contributed by atoms with Crippen LogP contribution in [-0.2, 0) is 12.3 Å². The summed E-state index contributed by atoms with van der Waals surface area (Å²) >= 11 is 1.45. The normalized spacial score (nSPS) is 10.8. The summed E-state index contributed by atoms with van der Waals surface area (Å²) in [5, 5.41) is 34.2. The quantitative estimate of drug-likeness (QED) is 0.187. The van der Waals surface area contributed by atoms with Gasteiger partial charge in [0.25, 0.3) is 17.3 Å². The molecule has 0 aliphatic heterocycles. The molecule has 37 heavy (non-hydrogen) atoms. The first-order chi connectivity index (χ1) is 17.7. The van der Waals surface area contributed by atoms with Gasteiger partial charge in [-0.3, -0.25) is 29.6 Å². The number of thioether (sulfide) groups is 1. The molecule has 0 aliphatic rings. The predicted octanol–water partition coefficient (Wildman–Crippen LogP) is 4.92. The first kappa shape index (κ1) is 25.5. The molecule has 1 N–H and O–H groups in total. The topological polar surface area (TPSA) is 146 Å². The van der Waals surface area contributed by atoms with Crippen molar-refractivity contribution < 1.29 is 14.6 Å². The average Bonchev–Trinajstić information content (AvgIpc) is 3.29. The lowest BCUT2D eigenvalue weighted by molar-refractivity contribution is -0.385. The number of amides is 1. The number of non-ortho nitro benzene ring substituents is 1. The van der Waals surface area contributed by atoms with Crippen molar-refractivity contribution >= 4 is 29.0 Å². The Morgan fingerprint density at radius 3 is 2.35 bits per heavy atom. The largest absolute Gasteiger partial charge is 0.345 e. The molecule has 3 aromatic carbocycles. The number of rotatable bonds is 9. The lowest BCUT2D eigenvalue weighted by Gasteiger charge is -2.12. The van der Waals surface area contributed by atoms with Crippen molar-refractivity contribution in [1.82, 2.24) is 20.1 Å². The van der Waals surface area contributed by atoms with Crippen LogP contribution in [0.2, 0.25) is 0 Å². The number of carbonyl (C=O) groups excluding carboxylic acids is 1. The van der Waals surface area contributed by atoms with E-state index in [0.29, 0.717) is 28.0 Å². The van der Waals surface area contributed by atoms with Gasteiger partial charge in [0.15, 0.2) is 11.0 Å². The van der Waals surface area contributed by atoms with Crippen molar-refractivity contribution in [3.05, 3.63) is 115 Å². The maximum absolute atomic E-state index is 12.8. The van der Waals surface area contributed by atoms with Crippen LogP contribution in [0.25, 0.3) is 5.69 Å². The number of nitro benzene ring substituents is 2. The van der Waals surface area contributed by atoms with E-state index in [1.54, 1.807) is 23.6 Å². The summed E-state index contributed by atoms with van der Waals surface area (Å²) in [6.07, 6.45) is 0. The van der Waals surface area contributed by atoms with Gasteiger partial charge in [0.1, 0.15) is 0 Å². The molecule has 1 heterocycles. The molecule has 0 unspecified atom stereocenters. The number of hydrogen-bond acceptors (Lipinski definition) is 8. The Hall–Kier alpha value is -4.58. The predicted molar refractivity (Wildman–Crippen MR) is 138 cm³/mol. The van der Waals surface area contributed by atoms with Crippen LogP contribution in [0.4, 0.5) is 11.4 Å². The Labute approximate surface area is 215 Å². The number of hydrogen-bond donors (Lipinski definition) is 1. The highest BCUT2D eigenvalue weighted by molar-refractivity contribution is 7.98. The molecule has 4 rings (SSSR count). The number of carbonyl (C=O) groups is 1. The molecule has 0 saturated heterocycles. The number of aryl methyl sites for hydroxylation is 2. The van der Waals surface area contributed by atoms with Gasteiger partial charge in [-0.1, -0.05) is 42.1 Å².